The van der Waals surface area contributed by atoms with Gasteiger partial charge in [-0.05, 0) is 54.1 Å². The fourth-order valence-corrected chi connectivity index (χ4v) is 2.69. The molecule has 3 aromatic carbocycles. The van der Waals surface area contributed by atoms with E-state index in [2.05, 4.69) is 5.10 Å². The van der Waals surface area contributed by atoms with Crippen LogP contribution in [0, 0.1) is 11.6 Å². The van der Waals surface area contributed by atoms with Gasteiger partial charge in [0.05, 0.1) is 12.8 Å². The number of nitrogens with zero attached hydrogens (tertiary/aromatic N) is 2. The molecule has 31 heavy (non-hydrogen) atoms. The van der Waals surface area contributed by atoms with E-state index in [9.17, 15) is 13.6 Å². The van der Waals surface area contributed by atoms with E-state index in [0.717, 1.165) is 28.1 Å². The molecule has 0 radical (unpaired) electrons. The van der Waals surface area contributed by atoms with Gasteiger partial charge in [-0.15, -0.1) is 0 Å². The molecule has 0 atom stereocenters. The summed E-state index contributed by atoms with van der Waals surface area (Å²) in [4.78, 5) is 12.1. The lowest BCUT2D eigenvalue weighted by molar-refractivity contribution is 0.306. The summed E-state index contributed by atoms with van der Waals surface area (Å²) >= 11 is 0. The summed E-state index contributed by atoms with van der Waals surface area (Å²) in [5.41, 5.74) is 1.35. The van der Waals surface area contributed by atoms with Crippen molar-refractivity contribution in [2.45, 2.75) is 6.61 Å². The van der Waals surface area contributed by atoms with Crippen molar-refractivity contribution < 1.29 is 27.4 Å². The van der Waals surface area contributed by atoms with Crippen molar-refractivity contribution in [1.82, 2.24) is 9.78 Å². The van der Waals surface area contributed by atoms with Crippen molar-refractivity contribution in [2.75, 3.05) is 7.11 Å². The van der Waals surface area contributed by atoms with Crippen LogP contribution >= 0.6 is 0 Å². The first-order valence-electron chi connectivity index (χ1n) is 9.11. The van der Waals surface area contributed by atoms with Crippen LogP contribution in [-0.2, 0) is 6.61 Å². The molecule has 0 unspecified atom stereocenters. The zero-order chi connectivity index (χ0) is 21.8. The first-order valence-corrected chi connectivity index (χ1v) is 9.11. The Morgan fingerprint density at radius 2 is 1.68 bits per heavy atom. The highest BCUT2D eigenvalue weighted by Gasteiger charge is 2.14. The van der Waals surface area contributed by atoms with Crippen LogP contribution in [0.25, 0.3) is 5.69 Å². The highest BCUT2D eigenvalue weighted by molar-refractivity contribution is 5.37. The molecule has 7 nitrogen and oxygen atoms in total. The zero-order valence-corrected chi connectivity index (χ0v) is 16.2. The van der Waals surface area contributed by atoms with Gasteiger partial charge in [0.25, 0.3) is 0 Å². The molecular formula is C22H16F2N2O5. The van der Waals surface area contributed by atoms with Crippen molar-refractivity contribution in [3.63, 3.8) is 0 Å². The summed E-state index contributed by atoms with van der Waals surface area (Å²) in [6.07, 6.45) is -0.477. The molecule has 4 aromatic rings. The van der Waals surface area contributed by atoms with E-state index >= 15 is 0 Å². The van der Waals surface area contributed by atoms with Crippen LogP contribution in [0.5, 0.6) is 23.3 Å². The Labute approximate surface area is 175 Å². The Morgan fingerprint density at radius 3 is 2.35 bits per heavy atom. The van der Waals surface area contributed by atoms with E-state index in [1.54, 1.807) is 31.4 Å². The lowest BCUT2D eigenvalue weighted by Gasteiger charge is -2.07. The van der Waals surface area contributed by atoms with Crippen LogP contribution in [0.4, 0.5) is 8.78 Å². The minimum absolute atomic E-state index is 0.322. The van der Waals surface area contributed by atoms with Crippen LogP contribution in [0.1, 0.15) is 5.56 Å². The normalized spacial score (nSPS) is 10.7. The van der Waals surface area contributed by atoms with E-state index in [0.29, 0.717) is 24.1 Å². The van der Waals surface area contributed by atoms with E-state index in [1.807, 2.05) is 24.3 Å². The Kier molecular flexibility index (Phi) is 5.65. The van der Waals surface area contributed by atoms with Crippen LogP contribution in [-0.4, -0.2) is 16.9 Å². The molecule has 0 aliphatic heterocycles. The number of hydrogen-bond donors (Lipinski definition) is 0. The van der Waals surface area contributed by atoms with Gasteiger partial charge in [0, 0.05) is 6.07 Å². The number of aromatic nitrogens is 2. The monoisotopic (exact) mass is 426 g/mol. The first kappa shape index (κ1) is 20.1. The summed E-state index contributed by atoms with van der Waals surface area (Å²) in [6.45, 7) is 0.356. The number of rotatable bonds is 7. The van der Waals surface area contributed by atoms with Crippen molar-refractivity contribution in [2.24, 2.45) is 0 Å². The molecule has 0 saturated heterocycles. The van der Waals surface area contributed by atoms with Crippen LogP contribution in [0.15, 0.2) is 75.9 Å². The summed E-state index contributed by atoms with van der Waals surface area (Å²) in [5.74, 6) is -1.51. The van der Waals surface area contributed by atoms with Gasteiger partial charge >= 0.3 is 11.8 Å². The number of methoxy groups -OCH3 is 1. The minimum atomic E-state index is -0.949. The number of halogens is 2. The summed E-state index contributed by atoms with van der Waals surface area (Å²) in [6, 6.07) is 16.8. The molecule has 0 amide bonds. The zero-order valence-electron chi connectivity index (χ0n) is 16.2. The predicted molar refractivity (Wildman–Crippen MR) is 106 cm³/mol. The van der Waals surface area contributed by atoms with Crippen molar-refractivity contribution >= 4 is 0 Å². The average Bonchev–Trinajstić information content (AvgIpc) is 3.15. The lowest BCUT2D eigenvalue weighted by atomic mass is 10.2. The van der Waals surface area contributed by atoms with Gasteiger partial charge in [-0.1, -0.05) is 17.2 Å². The molecule has 9 heteroatoms. The maximum absolute atomic E-state index is 13.7. The summed E-state index contributed by atoms with van der Waals surface area (Å²) < 4.78 is 48.5. The second-order valence-electron chi connectivity index (χ2n) is 6.35. The fourth-order valence-electron chi connectivity index (χ4n) is 2.69. The largest absolute Gasteiger partial charge is 0.497 e. The number of ether oxygens (including phenoxy) is 3. The number of hydrogen-bond acceptors (Lipinski definition) is 6. The predicted octanol–water partition coefficient (Wildman–Crippen LogP) is 4.48. The Balaban J connectivity index is 1.44. The molecule has 4 rings (SSSR count). The van der Waals surface area contributed by atoms with Gasteiger partial charge < -0.3 is 18.6 Å². The van der Waals surface area contributed by atoms with Gasteiger partial charge in [-0.3, -0.25) is 0 Å². The van der Waals surface area contributed by atoms with Crippen molar-refractivity contribution in [1.29, 1.82) is 0 Å². The molecule has 0 bridgehead atoms. The maximum atomic E-state index is 13.7. The molecule has 158 valence electrons. The average molecular weight is 426 g/mol. The quantitative estimate of drug-likeness (QED) is 0.434. The summed E-state index contributed by atoms with van der Waals surface area (Å²) in [7, 11) is 1.60. The smallest absolute Gasteiger partial charge is 0.444 e. The highest BCUT2D eigenvalue weighted by Crippen LogP contribution is 2.23. The third kappa shape index (κ3) is 4.72. The van der Waals surface area contributed by atoms with Gasteiger partial charge in [0.2, 0.25) is 0 Å². The van der Waals surface area contributed by atoms with Crippen LogP contribution < -0.4 is 20.0 Å². The van der Waals surface area contributed by atoms with Gasteiger partial charge in [-0.25, -0.2) is 13.6 Å². The Morgan fingerprint density at radius 1 is 0.968 bits per heavy atom. The minimum Gasteiger partial charge on any atom is -0.497 e. The molecule has 0 aliphatic carbocycles. The Bertz CT molecular complexity index is 1230. The third-order valence-corrected chi connectivity index (χ3v) is 4.27. The maximum Gasteiger partial charge on any atom is 0.444 e. The van der Waals surface area contributed by atoms with E-state index in [-0.39, 0.29) is 5.75 Å². The molecule has 0 saturated carbocycles. The third-order valence-electron chi connectivity index (χ3n) is 4.27. The first-order chi connectivity index (χ1) is 15.0. The molecule has 0 spiro atoms. The van der Waals surface area contributed by atoms with E-state index < -0.39 is 23.5 Å². The molecule has 0 N–H and O–H groups in total. The van der Waals surface area contributed by atoms with Crippen LogP contribution in [0.2, 0.25) is 0 Å². The highest BCUT2D eigenvalue weighted by atomic mass is 19.1. The molecular weight excluding hydrogens is 410 g/mol. The fraction of sp³-hybridized carbons (Fsp3) is 0.0909. The molecule has 1 heterocycles. The van der Waals surface area contributed by atoms with E-state index in [1.165, 1.54) is 0 Å². The second kappa shape index (κ2) is 8.70. The molecule has 0 fully saturated rings. The lowest BCUT2D eigenvalue weighted by Crippen LogP contribution is -2.13. The molecule has 0 aliphatic rings. The van der Waals surface area contributed by atoms with Crippen molar-refractivity contribution in [3.8, 4) is 29.0 Å². The van der Waals surface area contributed by atoms with Gasteiger partial charge in [0.15, 0.2) is 11.6 Å². The number of benzene rings is 3. The Hall–Kier alpha value is -4.14. The standard InChI is InChI=1S/C22H16F2N2O5/c1-28-17-7-2-14(3-8-17)13-29-18-9-5-16(6-10-18)26-22(27)31-21(25-26)30-20-11-4-15(23)12-19(20)24/h2-12H,13H2,1H3. The van der Waals surface area contributed by atoms with Gasteiger partial charge in [0.1, 0.15) is 23.9 Å². The molecule has 1 aromatic heterocycles. The van der Waals surface area contributed by atoms with Crippen molar-refractivity contribution in [3.05, 3.63) is 94.5 Å². The van der Waals surface area contributed by atoms with Gasteiger partial charge in [-0.2, -0.15) is 4.68 Å². The topological polar surface area (TPSA) is 75.7 Å². The van der Waals surface area contributed by atoms with E-state index in [4.69, 9.17) is 18.6 Å². The second-order valence-corrected chi connectivity index (χ2v) is 6.35. The summed E-state index contributed by atoms with van der Waals surface area (Å²) in [5, 5.41) is 3.88. The van der Waals surface area contributed by atoms with Crippen LogP contribution in [0.3, 0.4) is 0 Å². The SMILES string of the molecule is COc1ccc(COc2ccc(-n3nc(Oc4ccc(F)cc4F)oc3=O)cc2)cc1.